The summed E-state index contributed by atoms with van der Waals surface area (Å²) in [6.07, 6.45) is 2.42. The summed E-state index contributed by atoms with van der Waals surface area (Å²) in [6.45, 7) is 6.48. The average molecular weight is 263 g/mol. The number of hydrogen-bond donors (Lipinski definition) is 2. The number of ether oxygens (including phenoxy) is 2. The third-order valence-electron chi connectivity index (χ3n) is 3.16. The Morgan fingerprint density at radius 2 is 2.21 bits per heavy atom. The third kappa shape index (κ3) is 4.35. The SMILES string of the molecule is C=CCOc1ccc(CNCC2(O)CCOC2)cc1. The Morgan fingerprint density at radius 1 is 1.42 bits per heavy atom. The molecule has 0 aromatic heterocycles. The molecule has 1 saturated heterocycles. The van der Waals surface area contributed by atoms with Gasteiger partial charge in [-0.05, 0) is 17.7 Å². The van der Waals surface area contributed by atoms with Crippen LogP contribution in [0.25, 0.3) is 0 Å². The van der Waals surface area contributed by atoms with Crippen LogP contribution in [0.4, 0.5) is 0 Å². The van der Waals surface area contributed by atoms with Crippen LogP contribution < -0.4 is 10.1 Å². The number of benzene rings is 1. The molecule has 4 heteroatoms. The van der Waals surface area contributed by atoms with Crippen LogP contribution in [0.5, 0.6) is 5.75 Å². The maximum Gasteiger partial charge on any atom is 0.119 e. The predicted molar refractivity (Wildman–Crippen MR) is 74.2 cm³/mol. The van der Waals surface area contributed by atoms with Crippen LogP contribution in [0.2, 0.25) is 0 Å². The molecule has 1 unspecified atom stereocenters. The molecule has 1 aromatic carbocycles. The van der Waals surface area contributed by atoms with Crippen molar-refractivity contribution >= 4 is 0 Å². The Morgan fingerprint density at radius 3 is 2.84 bits per heavy atom. The topological polar surface area (TPSA) is 50.7 Å². The van der Waals surface area contributed by atoms with Gasteiger partial charge in [0.1, 0.15) is 18.0 Å². The summed E-state index contributed by atoms with van der Waals surface area (Å²) in [5.41, 5.74) is 0.459. The fourth-order valence-electron chi connectivity index (χ4n) is 2.03. The van der Waals surface area contributed by atoms with E-state index in [0.717, 1.165) is 17.9 Å². The van der Waals surface area contributed by atoms with Crippen molar-refractivity contribution < 1.29 is 14.6 Å². The molecule has 2 N–H and O–H groups in total. The van der Waals surface area contributed by atoms with E-state index in [1.54, 1.807) is 6.08 Å². The van der Waals surface area contributed by atoms with Gasteiger partial charge in [-0.25, -0.2) is 0 Å². The normalized spacial score (nSPS) is 22.4. The average Bonchev–Trinajstić information content (AvgIpc) is 2.85. The zero-order chi connectivity index (χ0) is 13.6. The van der Waals surface area contributed by atoms with Crippen molar-refractivity contribution in [1.82, 2.24) is 5.32 Å². The Bertz CT molecular complexity index is 396. The Hall–Kier alpha value is -1.36. The molecule has 1 aromatic rings. The van der Waals surface area contributed by atoms with Gasteiger partial charge in [-0.3, -0.25) is 0 Å². The lowest BCUT2D eigenvalue weighted by Gasteiger charge is -2.20. The van der Waals surface area contributed by atoms with Crippen LogP contribution in [-0.2, 0) is 11.3 Å². The molecular weight excluding hydrogens is 242 g/mol. The third-order valence-corrected chi connectivity index (χ3v) is 3.16. The van der Waals surface area contributed by atoms with Gasteiger partial charge in [-0.2, -0.15) is 0 Å². The second kappa shape index (κ2) is 6.70. The molecule has 4 nitrogen and oxygen atoms in total. The van der Waals surface area contributed by atoms with Crippen LogP contribution in [0, 0.1) is 0 Å². The van der Waals surface area contributed by atoms with Crippen molar-refractivity contribution in [2.75, 3.05) is 26.4 Å². The summed E-state index contributed by atoms with van der Waals surface area (Å²) in [5.74, 6) is 0.839. The fraction of sp³-hybridized carbons (Fsp3) is 0.467. The van der Waals surface area contributed by atoms with E-state index < -0.39 is 5.60 Å². The lowest BCUT2D eigenvalue weighted by molar-refractivity contribution is 0.0268. The summed E-state index contributed by atoms with van der Waals surface area (Å²) in [7, 11) is 0. The zero-order valence-corrected chi connectivity index (χ0v) is 11.1. The van der Waals surface area contributed by atoms with Gasteiger partial charge in [-0.15, -0.1) is 0 Å². The lowest BCUT2D eigenvalue weighted by atomic mass is 10.0. The first-order chi connectivity index (χ1) is 9.22. The van der Waals surface area contributed by atoms with Crippen molar-refractivity contribution in [3.05, 3.63) is 42.5 Å². The Kier molecular flexibility index (Phi) is 4.96. The summed E-state index contributed by atoms with van der Waals surface area (Å²) < 4.78 is 10.6. The van der Waals surface area contributed by atoms with Crippen LogP contribution in [-0.4, -0.2) is 37.1 Å². The van der Waals surface area contributed by atoms with Crippen LogP contribution in [0.1, 0.15) is 12.0 Å². The van der Waals surface area contributed by atoms with Gasteiger partial charge < -0.3 is 19.9 Å². The highest BCUT2D eigenvalue weighted by atomic mass is 16.5. The summed E-state index contributed by atoms with van der Waals surface area (Å²) in [4.78, 5) is 0. The standard InChI is InChI=1S/C15H21NO3/c1-2-8-19-14-5-3-13(4-6-14)10-16-11-15(17)7-9-18-12-15/h2-6,16-17H,1,7-12H2. The maximum atomic E-state index is 10.1. The van der Waals surface area contributed by atoms with Gasteiger partial charge in [0.05, 0.1) is 6.61 Å². The largest absolute Gasteiger partial charge is 0.490 e. The quantitative estimate of drug-likeness (QED) is 0.732. The molecule has 2 rings (SSSR count). The highest BCUT2D eigenvalue weighted by molar-refractivity contribution is 5.27. The molecule has 19 heavy (non-hydrogen) atoms. The minimum atomic E-state index is -0.701. The molecular formula is C15H21NO3. The fourth-order valence-corrected chi connectivity index (χ4v) is 2.03. The first-order valence-electron chi connectivity index (χ1n) is 6.55. The molecule has 0 aliphatic carbocycles. The monoisotopic (exact) mass is 263 g/mol. The van der Waals surface area contributed by atoms with E-state index in [4.69, 9.17) is 9.47 Å². The minimum absolute atomic E-state index is 0.425. The second-order valence-corrected chi connectivity index (χ2v) is 4.87. The van der Waals surface area contributed by atoms with E-state index in [0.29, 0.717) is 32.8 Å². The molecule has 104 valence electrons. The Labute approximate surface area is 114 Å². The van der Waals surface area contributed by atoms with E-state index in [-0.39, 0.29) is 0 Å². The highest BCUT2D eigenvalue weighted by Crippen LogP contribution is 2.17. The molecule has 1 atom stereocenters. The van der Waals surface area contributed by atoms with E-state index in [1.807, 2.05) is 24.3 Å². The van der Waals surface area contributed by atoms with Crippen molar-refractivity contribution in [3.63, 3.8) is 0 Å². The van der Waals surface area contributed by atoms with Gasteiger partial charge in [0.15, 0.2) is 0 Å². The number of hydrogen-bond acceptors (Lipinski definition) is 4. The number of aliphatic hydroxyl groups is 1. The molecule has 0 amide bonds. The van der Waals surface area contributed by atoms with E-state index >= 15 is 0 Å². The summed E-state index contributed by atoms with van der Waals surface area (Å²) in [5, 5.41) is 13.4. The summed E-state index contributed by atoms with van der Waals surface area (Å²) in [6, 6.07) is 7.91. The van der Waals surface area contributed by atoms with E-state index in [1.165, 1.54) is 0 Å². The van der Waals surface area contributed by atoms with E-state index in [2.05, 4.69) is 11.9 Å². The predicted octanol–water partition coefficient (Wildman–Crippen LogP) is 1.49. The van der Waals surface area contributed by atoms with Crippen molar-refractivity contribution in [1.29, 1.82) is 0 Å². The molecule has 1 aliphatic rings. The van der Waals surface area contributed by atoms with Gasteiger partial charge in [-0.1, -0.05) is 24.8 Å². The van der Waals surface area contributed by atoms with E-state index in [9.17, 15) is 5.11 Å². The van der Waals surface area contributed by atoms with Gasteiger partial charge in [0.2, 0.25) is 0 Å². The summed E-state index contributed by atoms with van der Waals surface area (Å²) >= 11 is 0. The van der Waals surface area contributed by atoms with Gasteiger partial charge in [0.25, 0.3) is 0 Å². The molecule has 0 radical (unpaired) electrons. The van der Waals surface area contributed by atoms with Gasteiger partial charge >= 0.3 is 0 Å². The second-order valence-electron chi connectivity index (χ2n) is 4.87. The number of rotatable bonds is 7. The molecule has 1 heterocycles. The van der Waals surface area contributed by atoms with Crippen LogP contribution in [0.3, 0.4) is 0 Å². The van der Waals surface area contributed by atoms with Gasteiger partial charge in [0, 0.05) is 26.1 Å². The van der Waals surface area contributed by atoms with Crippen molar-refractivity contribution in [2.24, 2.45) is 0 Å². The minimum Gasteiger partial charge on any atom is -0.490 e. The van der Waals surface area contributed by atoms with Crippen LogP contribution in [0.15, 0.2) is 36.9 Å². The van der Waals surface area contributed by atoms with Crippen molar-refractivity contribution in [3.8, 4) is 5.75 Å². The first-order valence-corrected chi connectivity index (χ1v) is 6.55. The molecule has 0 saturated carbocycles. The maximum absolute atomic E-state index is 10.1. The highest BCUT2D eigenvalue weighted by Gasteiger charge is 2.31. The molecule has 0 spiro atoms. The van der Waals surface area contributed by atoms with Crippen LogP contribution >= 0.6 is 0 Å². The van der Waals surface area contributed by atoms with Crippen molar-refractivity contribution in [2.45, 2.75) is 18.6 Å². The zero-order valence-electron chi connectivity index (χ0n) is 11.1. The molecule has 1 fully saturated rings. The molecule has 1 aliphatic heterocycles. The lowest BCUT2D eigenvalue weighted by Crippen LogP contribution is -2.40. The first kappa shape index (κ1) is 14.1. The smallest absolute Gasteiger partial charge is 0.119 e. The number of nitrogens with one attached hydrogen (secondary N) is 1. The molecule has 0 bridgehead atoms. The Balaban J connectivity index is 1.75.